The topological polar surface area (TPSA) is 66.5 Å². The smallest absolute Gasteiger partial charge is 0.253 e. The van der Waals surface area contributed by atoms with E-state index in [0.717, 1.165) is 24.0 Å². The average Bonchev–Trinajstić information content (AvgIpc) is 2.90. The normalized spacial score (nSPS) is 10.7. The maximum atomic E-state index is 12.8. The molecule has 0 aliphatic heterocycles. The molecule has 0 aliphatic carbocycles. The standard InChI is InChI=1S/C28H38ClNO6/c1-5-35-27-21-24(10-13-26(27)32-4)22(2)7-6-15-30(3)28(31)23-8-11-25(12-9-23)36-20-19-34-18-17-33-16-14-29/h8-13,21H,2,5-7,14-20H2,1,3-4H3. The van der Waals surface area contributed by atoms with Crippen molar-refractivity contribution in [3.63, 3.8) is 0 Å². The van der Waals surface area contributed by atoms with Gasteiger partial charge in [0, 0.05) is 25.0 Å². The van der Waals surface area contributed by atoms with Crippen LogP contribution in [0.25, 0.3) is 5.57 Å². The van der Waals surface area contributed by atoms with Crippen molar-refractivity contribution in [2.75, 3.05) is 66.2 Å². The Balaban J connectivity index is 1.73. The van der Waals surface area contributed by atoms with Crippen molar-refractivity contribution < 1.29 is 28.5 Å². The lowest BCUT2D eigenvalue weighted by molar-refractivity contribution is 0.0410. The molecule has 0 bridgehead atoms. The van der Waals surface area contributed by atoms with Crippen LogP contribution in [-0.4, -0.2) is 77.0 Å². The number of halogens is 1. The number of carbonyl (C=O) groups excluding carboxylic acids is 1. The molecule has 8 heteroatoms. The van der Waals surface area contributed by atoms with Gasteiger partial charge in [0.2, 0.25) is 0 Å². The summed E-state index contributed by atoms with van der Waals surface area (Å²) in [6.07, 6.45) is 1.57. The Hall–Kier alpha value is -2.74. The van der Waals surface area contributed by atoms with Crippen LogP contribution in [0.1, 0.15) is 35.7 Å². The van der Waals surface area contributed by atoms with Gasteiger partial charge in [-0.2, -0.15) is 0 Å². The Morgan fingerprint density at radius 3 is 2.25 bits per heavy atom. The molecule has 0 spiro atoms. The second-order valence-electron chi connectivity index (χ2n) is 8.02. The van der Waals surface area contributed by atoms with Gasteiger partial charge in [0.05, 0.1) is 40.1 Å². The van der Waals surface area contributed by atoms with E-state index in [1.165, 1.54) is 0 Å². The molecule has 7 nitrogen and oxygen atoms in total. The molecular formula is C28H38ClNO6. The number of methoxy groups -OCH3 is 1. The number of carbonyl (C=O) groups is 1. The van der Waals surface area contributed by atoms with Crippen LogP contribution in [0.15, 0.2) is 49.0 Å². The summed E-state index contributed by atoms with van der Waals surface area (Å²) in [6, 6.07) is 13.0. The molecule has 0 fully saturated rings. The second-order valence-corrected chi connectivity index (χ2v) is 8.40. The number of rotatable bonds is 18. The summed E-state index contributed by atoms with van der Waals surface area (Å²) >= 11 is 5.54. The zero-order chi connectivity index (χ0) is 26.2. The van der Waals surface area contributed by atoms with E-state index in [0.29, 0.717) is 74.9 Å². The fourth-order valence-corrected chi connectivity index (χ4v) is 3.56. The van der Waals surface area contributed by atoms with Crippen molar-refractivity contribution in [3.8, 4) is 17.2 Å². The Kier molecular flexibility index (Phi) is 13.8. The van der Waals surface area contributed by atoms with Crippen LogP contribution in [0.3, 0.4) is 0 Å². The first kappa shape index (κ1) is 29.5. The van der Waals surface area contributed by atoms with E-state index in [2.05, 4.69) is 6.58 Å². The predicted molar refractivity (Wildman–Crippen MR) is 144 cm³/mol. The SMILES string of the molecule is C=C(CCCN(C)C(=O)c1ccc(OCCOCCOCCCl)cc1)c1ccc(OC)c(OCC)c1. The quantitative estimate of drug-likeness (QED) is 0.196. The summed E-state index contributed by atoms with van der Waals surface area (Å²) in [7, 11) is 3.43. The first-order valence-electron chi connectivity index (χ1n) is 12.2. The lowest BCUT2D eigenvalue weighted by Crippen LogP contribution is -2.27. The van der Waals surface area contributed by atoms with E-state index < -0.39 is 0 Å². The molecule has 0 atom stereocenters. The van der Waals surface area contributed by atoms with Crippen LogP contribution >= 0.6 is 11.6 Å². The molecule has 0 saturated carbocycles. The highest BCUT2D eigenvalue weighted by Crippen LogP contribution is 2.31. The van der Waals surface area contributed by atoms with Crippen molar-refractivity contribution >= 4 is 23.1 Å². The summed E-state index contributed by atoms with van der Waals surface area (Å²) in [6.45, 7) is 9.76. The lowest BCUT2D eigenvalue weighted by Gasteiger charge is -2.18. The average molecular weight is 520 g/mol. The highest BCUT2D eigenvalue weighted by molar-refractivity contribution is 6.17. The highest BCUT2D eigenvalue weighted by atomic mass is 35.5. The molecule has 1 amide bonds. The fraction of sp³-hybridized carbons (Fsp3) is 0.464. The molecule has 0 heterocycles. The van der Waals surface area contributed by atoms with Crippen LogP contribution < -0.4 is 14.2 Å². The maximum Gasteiger partial charge on any atom is 0.253 e. The summed E-state index contributed by atoms with van der Waals surface area (Å²) in [5.41, 5.74) is 2.62. The minimum absolute atomic E-state index is 0.0319. The van der Waals surface area contributed by atoms with E-state index in [1.807, 2.05) is 32.2 Å². The van der Waals surface area contributed by atoms with Crippen LogP contribution in [0.4, 0.5) is 0 Å². The Labute approximate surface area is 219 Å². The minimum atomic E-state index is -0.0319. The van der Waals surface area contributed by atoms with E-state index in [-0.39, 0.29) is 5.91 Å². The number of alkyl halides is 1. The zero-order valence-electron chi connectivity index (χ0n) is 21.6. The molecule has 0 saturated heterocycles. The third-order valence-electron chi connectivity index (χ3n) is 5.38. The number of allylic oxidation sites excluding steroid dienone is 1. The summed E-state index contributed by atoms with van der Waals surface area (Å²) in [4.78, 5) is 14.5. The highest BCUT2D eigenvalue weighted by Gasteiger charge is 2.13. The van der Waals surface area contributed by atoms with Crippen LogP contribution in [0, 0.1) is 0 Å². The number of hydrogen-bond acceptors (Lipinski definition) is 6. The minimum Gasteiger partial charge on any atom is -0.493 e. The zero-order valence-corrected chi connectivity index (χ0v) is 22.4. The van der Waals surface area contributed by atoms with Crippen molar-refractivity contribution in [1.82, 2.24) is 4.90 Å². The largest absolute Gasteiger partial charge is 0.493 e. The first-order valence-corrected chi connectivity index (χ1v) is 12.7. The van der Waals surface area contributed by atoms with Crippen molar-refractivity contribution in [1.29, 1.82) is 0 Å². The Morgan fingerprint density at radius 2 is 1.58 bits per heavy atom. The van der Waals surface area contributed by atoms with Gasteiger partial charge in [0.1, 0.15) is 12.4 Å². The van der Waals surface area contributed by atoms with E-state index in [4.69, 9.17) is 35.3 Å². The van der Waals surface area contributed by atoms with Crippen molar-refractivity contribution in [2.45, 2.75) is 19.8 Å². The summed E-state index contributed by atoms with van der Waals surface area (Å²) in [5.74, 6) is 2.55. The van der Waals surface area contributed by atoms with Gasteiger partial charge in [-0.1, -0.05) is 12.6 Å². The van der Waals surface area contributed by atoms with Gasteiger partial charge in [-0.25, -0.2) is 0 Å². The number of ether oxygens (including phenoxy) is 5. The lowest BCUT2D eigenvalue weighted by atomic mass is 10.0. The molecule has 36 heavy (non-hydrogen) atoms. The molecule has 0 radical (unpaired) electrons. The van der Waals surface area contributed by atoms with Gasteiger partial charge in [-0.05, 0) is 67.3 Å². The van der Waals surface area contributed by atoms with Crippen molar-refractivity contribution in [3.05, 3.63) is 60.2 Å². The first-order chi connectivity index (χ1) is 17.5. The molecule has 0 aromatic heterocycles. The van der Waals surface area contributed by atoms with Gasteiger partial charge >= 0.3 is 0 Å². The molecule has 198 valence electrons. The van der Waals surface area contributed by atoms with Gasteiger partial charge in [0.25, 0.3) is 5.91 Å². The number of benzene rings is 2. The van der Waals surface area contributed by atoms with Crippen LogP contribution in [0.2, 0.25) is 0 Å². The van der Waals surface area contributed by atoms with Gasteiger partial charge in [-0.15, -0.1) is 11.6 Å². The second kappa shape index (κ2) is 16.8. The molecule has 0 unspecified atom stereocenters. The maximum absolute atomic E-state index is 12.8. The number of nitrogens with zero attached hydrogens (tertiary/aromatic N) is 1. The third kappa shape index (κ3) is 10.1. The van der Waals surface area contributed by atoms with E-state index in [9.17, 15) is 4.79 Å². The van der Waals surface area contributed by atoms with Crippen LogP contribution in [-0.2, 0) is 9.47 Å². The number of hydrogen-bond donors (Lipinski definition) is 0. The molecule has 2 rings (SSSR count). The third-order valence-corrected chi connectivity index (χ3v) is 5.54. The van der Waals surface area contributed by atoms with E-state index in [1.54, 1.807) is 36.3 Å². The van der Waals surface area contributed by atoms with E-state index >= 15 is 0 Å². The molecule has 2 aromatic rings. The van der Waals surface area contributed by atoms with Crippen LogP contribution in [0.5, 0.6) is 17.2 Å². The molecule has 2 aromatic carbocycles. The number of amides is 1. The summed E-state index contributed by atoms with van der Waals surface area (Å²) < 4.78 is 27.3. The Morgan fingerprint density at radius 1 is 0.917 bits per heavy atom. The molecular weight excluding hydrogens is 482 g/mol. The van der Waals surface area contributed by atoms with Gasteiger partial charge in [0.15, 0.2) is 11.5 Å². The molecule has 0 N–H and O–H groups in total. The van der Waals surface area contributed by atoms with Gasteiger partial charge in [-0.3, -0.25) is 4.79 Å². The Bertz CT molecular complexity index is 934. The summed E-state index contributed by atoms with van der Waals surface area (Å²) in [5, 5.41) is 0. The monoisotopic (exact) mass is 519 g/mol. The van der Waals surface area contributed by atoms with Gasteiger partial charge < -0.3 is 28.6 Å². The fourth-order valence-electron chi connectivity index (χ4n) is 3.45. The molecule has 0 aliphatic rings. The van der Waals surface area contributed by atoms with Crippen molar-refractivity contribution in [2.24, 2.45) is 0 Å². The predicted octanol–water partition coefficient (Wildman–Crippen LogP) is 5.31.